The molecule has 0 saturated carbocycles. The summed E-state index contributed by atoms with van der Waals surface area (Å²) in [4.78, 5) is 41.7. The van der Waals surface area contributed by atoms with Crippen LogP contribution in [0.1, 0.15) is 37.0 Å². The molecule has 2 aromatic heterocycles. The first-order valence-electron chi connectivity index (χ1n) is 9.90. The Bertz CT molecular complexity index is 936. The van der Waals surface area contributed by atoms with Crippen LogP contribution in [0.3, 0.4) is 0 Å². The molecule has 0 atom stereocenters. The number of hydrogen-bond donors (Lipinski definition) is 3. The summed E-state index contributed by atoms with van der Waals surface area (Å²) in [5.74, 6) is -1.27. The number of carbonyl (C=O) groups excluding carboxylic acids is 3. The number of rotatable bonds is 6. The molecule has 3 amide bonds. The standard InChI is InChI=1S/C19H27N7O4/c1-4-26-18-14(10-21-26)17(22-13-5-7-30-8-6-13)15(9-20-18)19(29)24-23-16(28)11-25(3)12(2)27/h9-10,13H,4-8,11H2,1-3H3,(H,20,22)(H,23,28)(H,24,29). The van der Waals surface area contributed by atoms with Crippen molar-refractivity contribution in [2.45, 2.75) is 39.3 Å². The monoisotopic (exact) mass is 417 g/mol. The molecule has 0 aliphatic carbocycles. The van der Waals surface area contributed by atoms with E-state index in [1.54, 1.807) is 10.9 Å². The molecule has 3 rings (SSSR count). The highest BCUT2D eigenvalue weighted by Gasteiger charge is 2.22. The number of likely N-dealkylation sites (N-methyl/N-ethyl adjacent to an activating group) is 1. The minimum atomic E-state index is -0.512. The second-order valence-electron chi connectivity index (χ2n) is 7.15. The highest BCUT2D eigenvalue weighted by atomic mass is 16.5. The molecule has 1 saturated heterocycles. The number of ether oxygens (including phenoxy) is 1. The fraction of sp³-hybridized carbons (Fsp3) is 0.526. The minimum absolute atomic E-state index is 0.152. The molecule has 0 spiro atoms. The molecule has 30 heavy (non-hydrogen) atoms. The molecule has 1 aliphatic heterocycles. The number of pyridine rings is 1. The van der Waals surface area contributed by atoms with E-state index in [0.717, 1.165) is 18.2 Å². The van der Waals surface area contributed by atoms with E-state index in [2.05, 4.69) is 26.3 Å². The molecular formula is C19H27N7O4. The van der Waals surface area contributed by atoms with Crippen molar-refractivity contribution in [3.05, 3.63) is 18.0 Å². The van der Waals surface area contributed by atoms with Crippen LogP contribution in [0, 0.1) is 0 Å². The Kier molecular flexibility index (Phi) is 6.83. The normalized spacial score (nSPS) is 14.4. The van der Waals surface area contributed by atoms with Crippen molar-refractivity contribution in [1.82, 2.24) is 30.5 Å². The van der Waals surface area contributed by atoms with Gasteiger partial charge in [0.15, 0.2) is 5.65 Å². The van der Waals surface area contributed by atoms with Gasteiger partial charge in [0.25, 0.3) is 11.8 Å². The lowest BCUT2D eigenvalue weighted by atomic mass is 10.1. The number of fused-ring (bicyclic) bond motifs is 1. The summed E-state index contributed by atoms with van der Waals surface area (Å²) in [5.41, 5.74) is 6.33. The van der Waals surface area contributed by atoms with Crippen LogP contribution >= 0.6 is 0 Å². The largest absolute Gasteiger partial charge is 0.381 e. The van der Waals surface area contributed by atoms with Crippen molar-refractivity contribution >= 4 is 34.4 Å². The number of aromatic nitrogens is 3. The van der Waals surface area contributed by atoms with E-state index in [1.807, 2.05) is 6.92 Å². The van der Waals surface area contributed by atoms with Crippen molar-refractivity contribution in [2.75, 3.05) is 32.1 Å². The first-order valence-corrected chi connectivity index (χ1v) is 9.90. The number of carbonyl (C=O) groups is 3. The molecule has 0 radical (unpaired) electrons. The second kappa shape index (κ2) is 9.53. The highest BCUT2D eigenvalue weighted by Crippen LogP contribution is 2.28. The number of hydrazine groups is 1. The van der Waals surface area contributed by atoms with E-state index < -0.39 is 11.8 Å². The number of anilines is 1. The van der Waals surface area contributed by atoms with E-state index >= 15 is 0 Å². The molecular weight excluding hydrogens is 390 g/mol. The molecule has 0 bridgehead atoms. The Morgan fingerprint density at radius 3 is 2.63 bits per heavy atom. The molecule has 2 aromatic rings. The predicted molar refractivity (Wildman–Crippen MR) is 110 cm³/mol. The predicted octanol–water partition coefficient (Wildman–Crippen LogP) is 0.281. The maximum atomic E-state index is 12.8. The lowest BCUT2D eigenvalue weighted by Gasteiger charge is -2.25. The van der Waals surface area contributed by atoms with E-state index in [4.69, 9.17) is 4.74 Å². The SMILES string of the molecule is CCn1ncc2c(NC3CCOCC3)c(C(=O)NNC(=O)CN(C)C(C)=O)cnc21. The van der Waals surface area contributed by atoms with Crippen LogP contribution in [0.5, 0.6) is 0 Å². The molecule has 3 heterocycles. The molecule has 0 aromatic carbocycles. The van der Waals surface area contributed by atoms with Crippen molar-refractivity contribution in [2.24, 2.45) is 0 Å². The van der Waals surface area contributed by atoms with Gasteiger partial charge in [-0.25, -0.2) is 9.67 Å². The summed E-state index contributed by atoms with van der Waals surface area (Å²) in [6, 6.07) is 0.152. The van der Waals surface area contributed by atoms with Gasteiger partial charge >= 0.3 is 0 Å². The lowest BCUT2D eigenvalue weighted by Crippen LogP contribution is -2.46. The quantitative estimate of drug-likeness (QED) is 0.576. The van der Waals surface area contributed by atoms with E-state index in [0.29, 0.717) is 36.7 Å². The number of aryl methyl sites for hydroxylation is 1. The first kappa shape index (κ1) is 21.5. The molecule has 11 heteroatoms. The van der Waals surface area contributed by atoms with Gasteiger partial charge in [-0.2, -0.15) is 5.10 Å². The average Bonchev–Trinajstić information content (AvgIpc) is 3.16. The lowest BCUT2D eigenvalue weighted by molar-refractivity contribution is -0.133. The average molecular weight is 417 g/mol. The van der Waals surface area contributed by atoms with Gasteiger partial charge in [-0.3, -0.25) is 25.2 Å². The second-order valence-corrected chi connectivity index (χ2v) is 7.15. The van der Waals surface area contributed by atoms with Crippen LogP contribution in [-0.2, 0) is 20.9 Å². The van der Waals surface area contributed by atoms with Crippen LogP contribution in [0.15, 0.2) is 12.4 Å². The zero-order valence-electron chi connectivity index (χ0n) is 17.4. The molecule has 162 valence electrons. The molecule has 1 fully saturated rings. The maximum absolute atomic E-state index is 12.8. The fourth-order valence-corrected chi connectivity index (χ4v) is 3.19. The van der Waals surface area contributed by atoms with Crippen molar-refractivity contribution in [3.63, 3.8) is 0 Å². The third-order valence-corrected chi connectivity index (χ3v) is 5.01. The number of amides is 3. The maximum Gasteiger partial charge on any atom is 0.273 e. The van der Waals surface area contributed by atoms with Crippen LogP contribution < -0.4 is 16.2 Å². The van der Waals surface area contributed by atoms with Crippen molar-refractivity contribution < 1.29 is 19.1 Å². The fourth-order valence-electron chi connectivity index (χ4n) is 3.19. The van der Waals surface area contributed by atoms with Gasteiger partial charge in [-0.15, -0.1) is 0 Å². The van der Waals surface area contributed by atoms with Crippen molar-refractivity contribution in [3.8, 4) is 0 Å². The summed E-state index contributed by atoms with van der Waals surface area (Å²) >= 11 is 0. The highest BCUT2D eigenvalue weighted by molar-refractivity contribution is 6.06. The molecule has 3 N–H and O–H groups in total. The third kappa shape index (κ3) is 4.85. The zero-order chi connectivity index (χ0) is 21.7. The summed E-state index contributed by atoms with van der Waals surface area (Å²) < 4.78 is 7.17. The Labute approximate surface area is 174 Å². The zero-order valence-corrected chi connectivity index (χ0v) is 17.4. The number of hydrogen-bond acceptors (Lipinski definition) is 7. The van der Waals surface area contributed by atoms with E-state index in [1.165, 1.54) is 25.1 Å². The summed E-state index contributed by atoms with van der Waals surface area (Å²) in [7, 11) is 1.50. The smallest absolute Gasteiger partial charge is 0.273 e. The Balaban J connectivity index is 1.80. The molecule has 1 aliphatic rings. The van der Waals surface area contributed by atoms with Crippen molar-refractivity contribution in [1.29, 1.82) is 0 Å². The van der Waals surface area contributed by atoms with Crippen LogP contribution in [-0.4, -0.2) is 70.2 Å². The topological polar surface area (TPSA) is 130 Å². The van der Waals surface area contributed by atoms with Gasteiger partial charge in [0.05, 0.1) is 22.8 Å². The first-order chi connectivity index (χ1) is 14.4. The van der Waals surface area contributed by atoms with Gasteiger partial charge in [0.2, 0.25) is 5.91 Å². The van der Waals surface area contributed by atoms with Gasteiger partial charge < -0.3 is 15.0 Å². The van der Waals surface area contributed by atoms with Gasteiger partial charge in [-0.1, -0.05) is 0 Å². The van der Waals surface area contributed by atoms with Gasteiger partial charge in [0.1, 0.15) is 6.54 Å². The van der Waals surface area contributed by atoms with E-state index in [-0.39, 0.29) is 18.5 Å². The Hall–Kier alpha value is -3.21. The summed E-state index contributed by atoms with van der Waals surface area (Å²) in [6.07, 6.45) is 4.80. The van der Waals surface area contributed by atoms with Crippen LogP contribution in [0.4, 0.5) is 5.69 Å². The Morgan fingerprint density at radius 1 is 1.23 bits per heavy atom. The summed E-state index contributed by atoms with van der Waals surface area (Å²) in [6.45, 7) is 5.12. The summed E-state index contributed by atoms with van der Waals surface area (Å²) in [5, 5.41) is 8.52. The number of nitrogens with zero attached hydrogens (tertiary/aromatic N) is 4. The van der Waals surface area contributed by atoms with Crippen LogP contribution in [0.2, 0.25) is 0 Å². The van der Waals surface area contributed by atoms with E-state index in [9.17, 15) is 14.4 Å². The number of nitrogens with one attached hydrogen (secondary N) is 3. The minimum Gasteiger partial charge on any atom is -0.381 e. The third-order valence-electron chi connectivity index (χ3n) is 5.01. The van der Waals surface area contributed by atoms with Gasteiger partial charge in [0, 0.05) is 46.0 Å². The van der Waals surface area contributed by atoms with Gasteiger partial charge in [-0.05, 0) is 19.8 Å². The molecule has 11 nitrogen and oxygen atoms in total. The Morgan fingerprint density at radius 2 is 1.97 bits per heavy atom. The molecule has 0 unspecified atom stereocenters. The van der Waals surface area contributed by atoms with Crippen LogP contribution in [0.25, 0.3) is 11.0 Å².